The molecule has 0 heterocycles. The first-order valence-corrected chi connectivity index (χ1v) is 14.4. The summed E-state index contributed by atoms with van der Waals surface area (Å²) in [5.74, 6) is 2.72. The van der Waals surface area contributed by atoms with E-state index in [0.717, 1.165) is 40.9 Å². The Labute approximate surface area is 200 Å². The molecule has 1 aromatic carbocycles. The average Bonchev–Trinajstić information content (AvgIpc) is 2.81. The van der Waals surface area contributed by atoms with E-state index in [1.165, 1.54) is 95.5 Å². The van der Waals surface area contributed by atoms with Gasteiger partial charge >= 0.3 is 0 Å². The molecule has 4 saturated carbocycles. The third-order valence-corrected chi connectivity index (χ3v) is 10.8. The third-order valence-electron chi connectivity index (χ3n) is 9.41. The molecule has 4 fully saturated rings. The molecule has 0 saturated heterocycles. The van der Waals surface area contributed by atoms with E-state index in [1.807, 2.05) is 0 Å². The third kappa shape index (κ3) is 5.53. The predicted octanol–water partition coefficient (Wildman–Crippen LogP) is 9.43. The van der Waals surface area contributed by atoms with Crippen LogP contribution in [0.4, 0.5) is 0 Å². The van der Waals surface area contributed by atoms with E-state index in [0.29, 0.717) is 5.41 Å². The van der Waals surface area contributed by atoms with Crippen LogP contribution in [0.25, 0.3) is 0 Å². The maximum absolute atomic E-state index is 5.85. The molecule has 1 unspecified atom stereocenters. The van der Waals surface area contributed by atoms with Gasteiger partial charge < -0.3 is 4.74 Å². The van der Waals surface area contributed by atoms with E-state index in [9.17, 15) is 0 Å². The Balaban J connectivity index is 1.23. The minimum Gasteiger partial charge on any atom is -0.494 e. The van der Waals surface area contributed by atoms with Gasteiger partial charge in [0.05, 0.1) is 6.61 Å². The number of fused-ring (bicyclic) bond motifs is 3. The molecule has 0 spiro atoms. The van der Waals surface area contributed by atoms with Crippen molar-refractivity contribution in [2.75, 3.05) is 6.61 Å². The molecule has 2 heteroatoms. The van der Waals surface area contributed by atoms with Crippen molar-refractivity contribution in [3.05, 3.63) is 29.8 Å². The van der Waals surface area contributed by atoms with Gasteiger partial charge in [-0.3, -0.25) is 0 Å². The molecule has 0 aliphatic heterocycles. The lowest BCUT2D eigenvalue weighted by Gasteiger charge is -2.56. The molecule has 5 rings (SSSR count). The smallest absolute Gasteiger partial charge is 0.119 e. The summed E-state index contributed by atoms with van der Waals surface area (Å²) >= 11 is 4.25. The number of hydrogen-bond acceptors (Lipinski definition) is 1. The normalized spacial score (nSPS) is 33.9. The highest BCUT2D eigenvalue weighted by Crippen LogP contribution is 2.62. The number of benzene rings is 1. The highest BCUT2D eigenvalue weighted by Gasteiger charge is 2.51. The molecule has 1 aromatic rings. The number of hydrogen-bond donors (Lipinski definition) is 0. The molecule has 174 valence electrons. The molecule has 31 heavy (non-hydrogen) atoms. The Bertz CT molecular complexity index is 648. The summed E-state index contributed by atoms with van der Waals surface area (Å²) in [5, 5.41) is 0. The molecule has 4 aliphatic rings. The van der Waals surface area contributed by atoms with Gasteiger partial charge in [0, 0.05) is 4.83 Å². The second-order valence-corrected chi connectivity index (χ2v) is 12.4. The van der Waals surface area contributed by atoms with Crippen LogP contribution in [0.5, 0.6) is 5.75 Å². The van der Waals surface area contributed by atoms with Crippen molar-refractivity contribution in [2.45, 2.75) is 121 Å². The van der Waals surface area contributed by atoms with E-state index >= 15 is 0 Å². The maximum atomic E-state index is 5.85. The highest BCUT2D eigenvalue weighted by atomic mass is 79.9. The number of alkyl halides is 1. The number of unbranched alkanes of at least 4 members (excludes halogenated alkanes) is 1. The molecule has 0 amide bonds. The minimum atomic E-state index is 0.625. The van der Waals surface area contributed by atoms with Crippen molar-refractivity contribution in [2.24, 2.45) is 16.7 Å². The molecule has 4 aliphatic carbocycles. The molecular weight excluding hydrogens is 444 g/mol. The number of rotatable bonds is 10. The maximum Gasteiger partial charge on any atom is 0.119 e. The summed E-state index contributed by atoms with van der Waals surface area (Å²) in [5.41, 5.74) is 2.89. The van der Waals surface area contributed by atoms with E-state index in [1.54, 1.807) is 0 Å². The first-order chi connectivity index (χ1) is 15.1. The molecule has 0 radical (unpaired) electrons. The fourth-order valence-corrected chi connectivity index (χ4v) is 8.33. The fourth-order valence-electron chi connectivity index (χ4n) is 7.11. The van der Waals surface area contributed by atoms with E-state index in [4.69, 9.17) is 4.74 Å². The molecule has 2 bridgehead atoms. The lowest BCUT2D eigenvalue weighted by molar-refractivity contribution is -0.0184. The summed E-state index contributed by atoms with van der Waals surface area (Å²) in [4.78, 5) is 0.751. The van der Waals surface area contributed by atoms with Gasteiger partial charge in [0.1, 0.15) is 5.75 Å². The summed E-state index contributed by atoms with van der Waals surface area (Å²) in [6.07, 6.45) is 21.2. The van der Waals surface area contributed by atoms with Gasteiger partial charge in [-0.05, 0) is 124 Å². The highest BCUT2D eigenvalue weighted by molar-refractivity contribution is 9.09. The van der Waals surface area contributed by atoms with Crippen LogP contribution in [0, 0.1) is 16.7 Å². The minimum absolute atomic E-state index is 0.625. The van der Waals surface area contributed by atoms with Crippen LogP contribution < -0.4 is 4.74 Å². The van der Waals surface area contributed by atoms with Crippen molar-refractivity contribution < 1.29 is 4.74 Å². The summed E-state index contributed by atoms with van der Waals surface area (Å²) in [7, 11) is 0. The van der Waals surface area contributed by atoms with Crippen LogP contribution in [-0.2, 0) is 0 Å². The number of ether oxygens (including phenoxy) is 1. The molecule has 1 nitrogen and oxygen atoms in total. The first kappa shape index (κ1) is 23.7. The zero-order valence-electron chi connectivity index (χ0n) is 20.1. The summed E-state index contributed by atoms with van der Waals surface area (Å²) in [6, 6.07) is 9.03. The molecular formula is C29H45BrO. The molecule has 0 aromatic heterocycles. The van der Waals surface area contributed by atoms with E-state index in [2.05, 4.69) is 54.0 Å². The average molecular weight is 490 g/mol. The lowest BCUT2D eigenvalue weighted by Crippen LogP contribution is -2.46. The van der Waals surface area contributed by atoms with Crippen molar-refractivity contribution >= 4 is 15.9 Å². The van der Waals surface area contributed by atoms with E-state index < -0.39 is 0 Å². The van der Waals surface area contributed by atoms with Gasteiger partial charge in [0.15, 0.2) is 0 Å². The second-order valence-electron chi connectivity index (χ2n) is 11.3. The van der Waals surface area contributed by atoms with Gasteiger partial charge in [-0.2, -0.15) is 0 Å². The molecule has 0 N–H and O–H groups in total. The van der Waals surface area contributed by atoms with Crippen molar-refractivity contribution in [3.8, 4) is 5.75 Å². The Hall–Kier alpha value is -0.500. The van der Waals surface area contributed by atoms with E-state index in [-0.39, 0.29) is 0 Å². The quantitative estimate of drug-likeness (QED) is 0.235. The van der Waals surface area contributed by atoms with Crippen LogP contribution >= 0.6 is 15.9 Å². The lowest BCUT2D eigenvalue weighted by atomic mass is 9.51. The Morgan fingerprint density at radius 1 is 0.903 bits per heavy atom. The van der Waals surface area contributed by atoms with Gasteiger partial charge in [-0.1, -0.05) is 54.8 Å². The summed E-state index contributed by atoms with van der Waals surface area (Å²) in [6.45, 7) is 5.43. The largest absolute Gasteiger partial charge is 0.494 e. The topological polar surface area (TPSA) is 9.23 Å². The Morgan fingerprint density at radius 3 is 2.13 bits per heavy atom. The number of halogens is 1. The zero-order chi connectivity index (χ0) is 21.7. The predicted molar refractivity (Wildman–Crippen MR) is 136 cm³/mol. The van der Waals surface area contributed by atoms with Gasteiger partial charge in [0.2, 0.25) is 0 Å². The standard InChI is InChI=1S/C29H45BrO/c1-3-5-21-31-26-12-10-25(11-13-26)24-8-6-23(7-9-24)22-27(30)29-18-15-28(14-4-2,16-19-29)17-20-29/h10-13,23-24,27H,3-9,14-22H2,1-2H3. The monoisotopic (exact) mass is 488 g/mol. The van der Waals surface area contributed by atoms with Gasteiger partial charge in [-0.15, -0.1) is 0 Å². The first-order valence-electron chi connectivity index (χ1n) is 13.4. The summed E-state index contributed by atoms with van der Waals surface area (Å²) < 4.78 is 5.85. The second kappa shape index (κ2) is 10.6. The fraction of sp³-hybridized carbons (Fsp3) is 0.793. The van der Waals surface area contributed by atoms with Crippen molar-refractivity contribution in [3.63, 3.8) is 0 Å². The van der Waals surface area contributed by atoms with Crippen molar-refractivity contribution in [1.82, 2.24) is 0 Å². The van der Waals surface area contributed by atoms with Gasteiger partial charge in [0.25, 0.3) is 0 Å². The van der Waals surface area contributed by atoms with Crippen LogP contribution in [0.15, 0.2) is 24.3 Å². The Morgan fingerprint density at radius 2 is 1.55 bits per heavy atom. The zero-order valence-corrected chi connectivity index (χ0v) is 21.7. The van der Waals surface area contributed by atoms with Crippen molar-refractivity contribution in [1.29, 1.82) is 0 Å². The van der Waals surface area contributed by atoms with Crippen LogP contribution in [0.1, 0.15) is 122 Å². The van der Waals surface area contributed by atoms with Gasteiger partial charge in [-0.25, -0.2) is 0 Å². The molecule has 1 atom stereocenters. The van der Waals surface area contributed by atoms with Crippen LogP contribution in [0.2, 0.25) is 0 Å². The SMILES string of the molecule is CCCCOc1ccc(C2CCC(CC(Br)C34CCC(CCC)(CC3)CC4)CC2)cc1. The van der Waals surface area contributed by atoms with Crippen LogP contribution in [0.3, 0.4) is 0 Å². The Kier molecular flexibility index (Phi) is 8.10. The van der Waals surface area contributed by atoms with Crippen LogP contribution in [-0.4, -0.2) is 11.4 Å².